The van der Waals surface area contributed by atoms with Gasteiger partial charge in [0.15, 0.2) is 11.7 Å². The van der Waals surface area contributed by atoms with Gasteiger partial charge in [0.05, 0.1) is 15.9 Å². The molecule has 0 fully saturated rings. The highest BCUT2D eigenvalue weighted by molar-refractivity contribution is 14.0. The molecule has 2 rings (SSSR count). The molecule has 2 aromatic heterocycles. The van der Waals surface area contributed by atoms with Crippen LogP contribution in [0, 0.1) is 0 Å². The fraction of sp³-hybridized carbons (Fsp3) is 0.467. The minimum Gasteiger partial charge on any atom is -0.357 e. The van der Waals surface area contributed by atoms with Crippen molar-refractivity contribution in [1.29, 1.82) is 0 Å². The lowest BCUT2D eigenvalue weighted by Crippen LogP contribution is -2.38. The van der Waals surface area contributed by atoms with Crippen LogP contribution in [0.15, 0.2) is 22.5 Å². The molecule has 26 heavy (non-hydrogen) atoms. The number of aliphatic imine (C=N–C) groups is 1. The van der Waals surface area contributed by atoms with Crippen LogP contribution in [0.2, 0.25) is 4.34 Å². The van der Waals surface area contributed by atoms with Crippen molar-refractivity contribution >= 4 is 64.2 Å². The third-order valence-electron chi connectivity index (χ3n) is 3.15. The first-order chi connectivity index (χ1) is 11.8. The molecular weight excluding hydrogens is 520 g/mol. The number of hydrogen-bond acceptors (Lipinski definition) is 4. The zero-order valence-corrected chi connectivity index (χ0v) is 18.9. The van der Waals surface area contributed by atoms with E-state index in [1.165, 1.54) is 11.3 Å². The van der Waals surface area contributed by atoms with Gasteiger partial charge in [-0.15, -0.1) is 46.7 Å². The zero-order valence-electron chi connectivity index (χ0n) is 14.1. The average molecular weight is 539 g/mol. The van der Waals surface area contributed by atoms with Crippen molar-refractivity contribution < 1.29 is 13.2 Å². The van der Waals surface area contributed by atoms with Crippen molar-refractivity contribution in [3.05, 3.63) is 37.4 Å². The van der Waals surface area contributed by atoms with Gasteiger partial charge >= 0.3 is 6.18 Å². The highest BCUT2D eigenvalue weighted by Gasteiger charge is 2.33. The average Bonchev–Trinajstić information content (AvgIpc) is 3.15. The number of guanidine groups is 1. The minimum absolute atomic E-state index is 0. The highest BCUT2D eigenvalue weighted by atomic mass is 127. The van der Waals surface area contributed by atoms with Gasteiger partial charge in [-0.2, -0.15) is 13.2 Å². The molecule has 0 aliphatic rings. The molecule has 0 aromatic carbocycles. The van der Waals surface area contributed by atoms with E-state index in [4.69, 9.17) is 11.6 Å². The molecule has 11 heteroatoms. The number of hydrogen-bond donors (Lipinski definition) is 1. The van der Waals surface area contributed by atoms with Gasteiger partial charge in [-0.25, -0.2) is 4.98 Å². The molecule has 1 N–H and O–H groups in total. The molecule has 4 nitrogen and oxygen atoms in total. The molecule has 0 unspecified atom stereocenters. The summed E-state index contributed by atoms with van der Waals surface area (Å²) in [6.07, 6.45) is -4.02. The first-order valence-corrected chi connectivity index (χ1v) is 9.62. The molecule has 2 aromatic rings. The lowest BCUT2D eigenvalue weighted by Gasteiger charge is -2.21. The van der Waals surface area contributed by atoms with Gasteiger partial charge in [0.1, 0.15) is 0 Å². The van der Waals surface area contributed by atoms with E-state index in [-0.39, 0.29) is 24.0 Å². The molecule has 0 bridgehead atoms. The number of thiazole rings is 1. The second-order valence-corrected chi connectivity index (χ2v) is 7.91. The highest BCUT2D eigenvalue weighted by Crippen LogP contribution is 2.30. The standard InChI is InChI=1S/C15H18ClF3N4S2.HI/c1-3-20-14(23(2)8-10-4-5-12(16)25-10)21-7-6-13-22-11(9-24-13)15(17,18)19;/h4-5,9H,3,6-8H2,1-2H3,(H,20,21);1H. The van der Waals surface area contributed by atoms with Gasteiger partial charge in [0.2, 0.25) is 0 Å². The Morgan fingerprint density at radius 2 is 2.12 bits per heavy atom. The SMILES string of the molecule is CCNC(=NCCc1nc(C(F)(F)F)cs1)N(C)Cc1ccc(Cl)s1.I. The second kappa shape index (κ2) is 10.7. The van der Waals surface area contributed by atoms with Crippen LogP contribution < -0.4 is 5.32 Å². The van der Waals surface area contributed by atoms with Gasteiger partial charge in [-0.3, -0.25) is 4.99 Å². The van der Waals surface area contributed by atoms with E-state index in [9.17, 15) is 13.2 Å². The Morgan fingerprint density at radius 3 is 2.65 bits per heavy atom. The van der Waals surface area contributed by atoms with E-state index in [0.29, 0.717) is 37.0 Å². The number of nitrogens with one attached hydrogen (secondary N) is 1. The van der Waals surface area contributed by atoms with Crippen LogP contribution >= 0.6 is 58.3 Å². The molecule has 146 valence electrons. The summed E-state index contributed by atoms with van der Waals surface area (Å²) in [5.74, 6) is 0.694. The van der Waals surface area contributed by atoms with Gasteiger partial charge in [-0.05, 0) is 19.1 Å². The fourth-order valence-electron chi connectivity index (χ4n) is 2.03. The summed E-state index contributed by atoms with van der Waals surface area (Å²) in [4.78, 5) is 11.1. The maximum absolute atomic E-state index is 12.6. The molecule has 2 heterocycles. The molecule has 0 spiro atoms. The molecule has 0 saturated heterocycles. The molecule has 0 aliphatic carbocycles. The van der Waals surface area contributed by atoms with Gasteiger partial charge in [0.25, 0.3) is 0 Å². The topological polar surface area (TPSA) is 40.5 Å². The predicted octanol–water partition coefficient (Wildman–Crippen LogP) is 5.13. The summed E-state index contributed by atoms with van der Waals surface area (Å²) in [6, 6.07) is 3.81. The van der Waals surface area contributed by atoms with Crippen LogP contribution in [-0.4, -0.2) is 36.0 Å². The van der Waals surface area contributed by atoms with Crippen LogP contribution in [0.1, 0.15) is 22.5 Å². The normalized spacial score (nSPS) is 12.0. The zero-order chi connectivity index (χ0) is 18.4. The second-order valence-electron chi connectivity index (χ2n) is 5.17. The van der Waals surface area contributed by atoms with Crippen molar-refractivity contribution in [2.75, 3.05) is 20.1 Å². The van der Waals surface area contributed by atoms with Crippen LogP contribution in [0.3, 0.4) is 0 Å². The van der Waals surface area contributed by atoms with E-state index >= 15 is 0 Å². The Balaban J connectivity index is 0.00000338. The number of halogens is 5. The lowest BCUT2D eigenvalue weighted by molar-refractivity contribution is -0.140. The Bertz CT molecular complexity index is 718. The van der Waals surface area contributed by atoms with Gasteiger partial charge in [-0.1, -0.05) is 11.6 Å². The summed E-state index contributed by atoms with van der Waals surface area (Å²) >= 11 is 8.45. The molecule has 0 radical (unpaired) electrons. The van der Waals surface area contributed by atoms with E-state index in [1.54, 1.807) is 0 Å². The van der Waals surface area contributed by atoms with Crippen molar-refractivity contribution in [3.63, 3.8) is 0 Å². The first-order valence-electron chi connectivity index (χ1n) is 7.55. The number of nitrogens with zero attached hydrogens (tertiary/aromatic N) is 3. The number of alkyl halides is 3. The summed E-state index contributed by atoms with van der Waals surface area (Å²) in [5.41, 5.74) is -0.838. The lowest BCUT2D eigenvalue weighted by atomic mass is 10.4. The maximum atomic E-state index is 12.6. The van der Waals surface area contributed by atoms with Crippen LogP contribution in [-0.2, 0) is 19.1 Å². The molecule has 0 aliphatic heterocycles. The van der Waals surface area contributed by atoms with Crippen LogP contribution in [0.4, 0.5) is 13.2 Å². The van der Waals surface area contributed by atoms with Crippen molar-refractivity contribution in [2.24, 2.45) is 4.99 Å². The minimum atomic E-state index is -4.39. The molecule has 0 atom stereocenters. The van der Waals surface area contributed by atoms with Crippen molar-refractivity contribution in [1.82, 2.24) is 15.2 Å². The van der Waals surface area contributed by atoms with Crippen molar-refractivity contribution in [2.45, 2.75) is 26.1 Å². The van der Waals surface area contributed by atoms with Crippen LogP contribution in [0.5, 0.6) is 0 Å². The van der Waals surface area contributed by atoms with Crippen LogP contribution in [0.25, 0.3) is 0 Å². The summed E-state index contributed by atoms with van der Waals surface area (Å²) < 4.78 is 38.4. The van der Waals surface area contributed by atoms with E-state index in [1.807, 2.05) is 31.0 Å². The van der Waals surface area contributed by atoms with Gasteiger partial charge in [0, 0.05) is 36.8 Å². The molecular formula is C15H19ClF3IN4S2. The maximum Gasteiger partial charge on any atom is 0.434 e. The van der Waals surface area contributed by atoms with E-state index in [2.05, 4.69) is 15.3 Å². The molecule has 0 saturated carbocycles. The summed E-state index contributed by atoms with van der Waals surface area (Å²) in [5, 5.41) is 4.64. The number of thiophene rings is 1. The van der Waals surface area contributed by atoms with E-state index in [0.717, 1.165) is 25.9 Å². The monoisotopic (exact) mass is 538 g/mol. The Morgan fingerprint density at radius 1 is 1.38 bits per heavy atom. The smallest absolute Gasteiger partial charge is 0.357 e. The Labute approximate surface area is 180 Å². The predicted molar refractivity (Wildman–Crippen MR) is 113 cm³/mol. The third kappa shape index (κ3) is 7.20. The fourth-order valence-corrected chi connectivity index (χ4v) is 3.96. The third-order valence-corrected chi connectivity index (χ3v) is 5.27. The number of aromatic nitrogens is 1. The number of rotatable bonds is 6. The largest absolute Gasteiger partial charge is 0.434 e. The van der Waals surface area contributed by atoms with E-state index < -0.39 is 11.9 Å². The first kappa shape index (κ1) is 23.4. The van der Waals surface area contributed by atoms with Gasteiger partial charge < -0.3 is 10.2 Å². The summed E-state index contributed by atoms with van der Waals surface area (Å²) in [6.45, 7) is 3.67. The van der Waals surface area contributed by atoms with Crippen molar-refractivity contribution in [3.8, 4) is 0 Å². The summed E-state index contributed by atoms with van der Waals surface area (Å²) in [7, 11) is 1.90. The molecule has 0 amide bonds. The Hall–Kier alpha value is -0.590. The Kier molecular flexibility index (Phi) is 9.62. The quantitative estimate of drug-likeness (QED) is 0.315.